The van der Waals surface area contributed by atoms with Crippen LogP contribution in [0.4, 0.5) is 42.5 Å². The van der Waals surface area contributed by atoms with E-state index in [-0.39, 0.29) is 5.69 Å². The van der Waals surface area contributed by atoms with Gasteiger partial charge in [0.25, 0.3) is 0 Å². The molecule has 0 heterocycles. The summed E-state index contributed by atoms with van der Waals surface area (Å²) in [5.74, 6) is -5.27. The highest BCUT2D eigenvalue weighted by molar-refractivity contribution is 6.31. The van der Waals surface area contributed by atoms with E-state index < -0.39 is 51.0 Å². The summed E-state index contributed by atoms with van der Waals surface area (Å²) in [4.78, 5) is 11.7. The van der Waals surface area contributed by atoms with Crippen molar-refractivity contribution in [1.82, 2.24) is 0 Å². The molecule has 134 valence electrons. The predicted molar refractivity (Wildman–Crippen MR) is 80.4 cm³/mol. The van der Waals surface area contributed by atoms with E-state index in [0.717, 1.165) is 12.1 Å². The molecule has 0 fully saturated rings. The average molecular weight is 403 g/mol. The third-order valence-corrected chi connectivity index (χ3v) is 3.49. The van der Waals surface area contributed by atoms with E-state index in [1.807, 2.05) is 10.6 Å². The van der Waals surface area contributed by atoms with E-state index >= 15 is 0 Å². The molecule has 0 aliphatic rings. The number of urea groups is 1. The van der Waals surface area contributed by atoms with Crippen LogP contribution in [-0.2, 0) is 6.18 Å². The molecule has 0 aromatic heterocycles. The number of rotatable bonds is 2. The zero-order valence-corrected chi connectivity index (χ0v) is 13.3. The number of halogens is 8. The fraction of sp³-hybridized carbons (Fsp3) is 0.0714. The van der Waals surface area contributed by atoms with E-state index in [4.69, 9.17) is 23.2 Å². The van der Waals surface area contributed by atoms with Gasteiger partial charge in [-0.1, -0.05) is 23.2 Å². The standard InChI is InChI=1S/C14H6Cl2F6N2O/c15-7-2-1-5(3-6(7)14(20,21)22)23-13(25)24-9-4-8(16)10(17)12(19)11(9)18/h1-4H,(H2,23,24,25). The first-order chi connectivity index (χ1) is 11.5. The molecule has 25 heavy (non-hydrogen) atoms. The summed E-state index contributed by atoms with van der Waals surface area (Å²) in [5.41, 5.74) is -2.32. The highest BCUT2D eigenvalue weighted by atomic mass is 35.5. The van der Waals surface area contributed by atoms with Crippen molar-refractivity contribution in [2.75, 3.05) is 10.6 Å². The first kappa shape index (κ1) is 19.2. The van der Waals surface area contributed by atoms with E-state index in [1.165, 1.54) is 0 Å². The molecule has 3 nitrogen and oxygen atoms in total. The second-order valence-corrected chi connectivity index (χ2v) is 5.43. The number of alkyl halides is 3. The lowest BCUT2D eigenvalue weighted by atomic mass is 10.2. The maximum atomic E-state index is 13.5. The molecule has 0 atom stereocenters. The maximum absolute atomic E-state index is 13.5. The van der Waals surface area contributed by atoms with Crippen LogP contribution in [0.3, 0.4) is 0 Å². The number of carbonyl (C=O) groups excluding carboxylic acids is 1. The van der Waals surface area contributed by atoms with Crippen molar-refractivity contribution >= 4 is 40.6 Å². The van der Waals surface area contributed by atoms with Crippen molar-refractivity contribution < 1.29 is 31.1 Å². The molecule has 0 saturated carbocycles. The van der Waals surface area contributed by atoms with Crippen molar-refractivity contribution in [2.45, 2.75) is 6.18 Å². The molecule has 0 aliphatic carbocycles. The molecule has 0 spiro atoms. The van der Waals surface area contributed by atoms with Gasteiger partial charge >= 0.3 is 12.2 Å². The van der Waals surface area contributed by atoms with E-state index in [2.05, 4.69) is 0 Å². The fourth-order valence-corrected chi connectivity index (χ4v) is 2.19. The van der Waals surface area contributed by atoms with Crippen LogP contribution in [-0.4, -0.2) is 6.03 Å². The molecule has 0 saturated heterocycles. The average Bonchev–Trinajstić information content (AvgIpc) is 2.51. The van der Waals surface area contributed by atoms with Crippen LogP contribution in [0, 0.1) is 17.5 Å². The lowest BCUT2D eigenvalue weighted by Gasteiger charge is -2.13. The van der Waals surface area contributed by atoms with Crippen LogP contribution in [0.2, 0.25) is 10.0 Å². The summed E-state index contributed by atoms with van der Waals surface area (Å²) in [6.07, 6.45) is -4.76. The van der Waals surface area contributed by atoms with E-state index in [9.17, 15) is 31.1 Å². The molecule has 2 aromatic rings. The van der Waals surface area contributed by atoms with Crippen molar-refractivity contribution in [3.05, 3.63) is 57.3 Å². The Morgan fingerprint density at radius 1 is 0.880 bits per heavy atom. The summed E-state index contributed by atoms with van der Waals surface area (Å²) < 4.78 is 78.0. The summed E-state index contributed by atoms with van der Waals surface area (Å²) in [6, 6.07) is 1.91. The maximum Gasteiger partial charge on any atom is 0.417 e. The van der Waals surface area contributed by atoms with Crippen molar-refractivity contribution in [2.24, 2.45) is 0 Å². The number of nitrogens with one attached hydrogen (secondary N) is 2. The second-order valence-electron chi connectivity index (χ2n) is 4.62. The summed E-state index contributed by atoms with van der Waals surface area (Å²) >= 11 is 10.8. The largest absolute Gasteiger partial charge is 0.417 e. The highest BCUT2D eigenvalue weighted by Gasteiger charge is 2.33. The molecule has 0 bridgehead atoms. The highest BCUT2D eigenvalue weighted by Crippen LogP contribution is 2.36. The van der Waals surface area contributed by atoms with Gasteiger partial charge in [0.1, 0.15) is 0 Å². The third kappa shape index (κ3) is 4.29. The number of amides is 2. The number of carbonyl (C=O) groups is 1. The summed E-state index contributed by atoms with van der Waals surface area (Å²) in [5, 5.41) is 2.41. The predicted octanol–water partition coefficient (Wildman–Crippen LogP) is 6.07. The Kier molecular flexibility index (Phi) is 5.38. The molecular weight excluding hydrogens is 397 g/mol. The monoisotopic (exact) mass is 402 g/mol. The first-order valence-corrected chi connectivity index (χ1v) is 7.04. The molecule has 0 radical (unpaired) electrons. The van der Waals surface area contributed by atoms with E-state index in [1.54, 1.807) is 0 Å². The van der Waals surface area contributed by atoms with Gasteiger partial charge in [0.2, 0.25) is 0 Å². The minimum absolute atomic E-state index is 0.316. The van der Waals surface area contributed by atoms with Crippen LogP contribution in [0.15, 0.2) is 24.3 Å². The van der Waals surface area contributed by atoms with Crippen LogP contribution in [0.5, 0.6) is 0 Å². The van der Waals surface area contributed by atoms with Gasteiger partial charge in [0.15, 0.2) is 17.5 Å². The SMILES string of the molecule is O=C(Nc1ccc(Cl)c(C(F)(F)F)c1)Nc1cc(Cl)c(F)c(F)c1F. The van der Waals surface area contributed by atoms with Gasteiger partial charge < -0.3 is 10.6 Å². The van der Waals surface area contributed by atoms with Crippen molar-refractivity contribution in [1.29, 1.82) is 0 Å². The molecule has 0 unspecified atom stereocenters. The molecule has 2 aromatic carbocycles. The Hall–Kier alpha value is -2.13. The van der Waals surface area contributed by atoms with Crippen LogP contribution in [0.25, 0.3) is 0 Å². The molecular formula is C14H6Cl2F6N2O. The van der Waals surface area contributed by atoms with Gasteiger partial charge in [-0.2, -0.15) is 13.2 Å². The topological polar surface area (TPSA) is 41.1 Å². The lowest BCUT2D eigenvalue weighted by molar-refractivity contribution is -0.137. The number of benzene rings is 2. The molecule has 2 amide bonds. The Morgan fingerprint density at radius 3 is 2.12 bits per heavy atom. The van der Waals surface area contributed by atoms with Gasteiger partial charge in [0.05, 0.1) is 21.3 Å². The molecule has 2 N–H and O–H groups in total. The third-order valence-electron chi connectivity index (χ3n) is 2.88. The van der Waals surface area contributed by atoms with Crippen molar-refractivity contribution in [3.63, 3.8) is 0 Å². The first-order valence-electron chi connectivity index (χ1n) is 6.28. The van der Waals surface area contributed by atoms with Crippen molar-refractivity contribution in [3.8, 4) is 0 Å². The number of hydrogen-bond donors (Lipinski definition) is 2. The lowest BCUT2D eigenvalue weighted by Crippen LogP contribution is -2.21. The fourth-order valence-electron chi connectivity index (χ4n) is 1.77. The smallest absolute Gasteiger partial charge is 0.308 e. The number of hydrogen-bond acceptors (Lipinski definition) is 1. The van der Waals surface area contributed by atoms with Crippen LogP contribution in [0.1, 0.15) is 5.56 Å². The second kappa shape index (κ2) is 7.01. The Balaban J connectivity index is 2.22. The van der Waals surface area contributed by atoms with E-state index in [0.29, 0.717) is 12.1 Å². The van der Waals surface area contributed by atoms with Gasteiger partial charge in [-0.05, 0) is 24.3 Å². The number of anilines is 2. The molecule has 11 heteroatoms. The van der Waals surface area contributed by atoms with Gasteiger partial charge in [0, 0.05) is 5.69 Å². The zero-order valence-electron chi connectivity index (χ0n) is 11.7. The Bertz CT molecular complexity index is 841. The van der Waals surface area contributed by atoms with Gasteiger partial charge in [-0.15, -0.1) is 0 Å². The normalized spacial score (nSPS) is 11.4. The minimum atomic E-state index is -4.76. The van der Waals surface area contributed by atoms with Crippen LogP contribution >= 0.6 is 23.2 Å². The Labute approximate surface area is 146 Å². The summed E-state index contributed by atoms with van der Waals surface area (Å²) in [6.45, 7) is 0. The van der Waals surface area contributed by atoms with Crippen LogP contribution < -0.4 is 10.6 Å². The minimum Gasteiger partial charge on any atom is -0.308 e. The Morgan fingerprint density at radius 2 is 1.52 bits per heavy atom. The zero-order chi connectivity index (χ0) is 18.9. The summed E-state index contributed by atoms with van der Waals surface area (Å²) in [7, 11) is 0. The van der Waals surface area contributed by atoms with Gasteiger partial charge in [-0.25, -0.2) is 18.0 Å². The molecule has 0 aliphatic heterocycles. The van der Waals surface area contributed by atoms with Gasteiger partial charge in [-0.3, -0.25) is 0 Å². The molecule has 2 rings (SSSR count). The quantitative estimate of drug-likeness (QED) is 0.357.